The zero-order valence-electron chi connectivity index (χ0n) is 6.99. The molecule has 0 aromatic heterocycles. The molecule has 2 nitrogen and oxygen atoms in total. The van der Waals surface area contributed by atoms with Crippen molar-refractivity contribution in [3.63, 3.8) is 0 Å². The van der Waals surface area contributed by atoms with Crippen LogP contribution in [0.2, 0.25) is 0 Å². The van der Waals surface area contributed by atoms with Crippen LogP contribution in [0, 0.1) is 0 Å². The highest BCUT2D eigenvalue weighted by Gasteiger charge is 1.78. The van der Waals surface area contributed by atoms with Crippen molar-refractivity contribution in [1.29, 1.82) is 0 Å². The largest absolute Gasteiger partial charge is 0.396 e. The van der Waals surface area contributed by atoms with Crippen molar-refractivity contribution in [2.45, 2.75) is 13.3 Å². The van der Waals surface area contributed by atoms with Crippen LogP contribution in [-0.4, -0.2) is 36.4 Å². The second-order valence-electron chi connectivity index (χ2n) is 1.78. The molecule has 0 heterocycles. The van der Waals surface area contributed by atoms with Gasteiger partial charge in [0.05, 0.1) is 13.2 Å². The number of aliphatic hydroxyl groups excluding tert-OH is 1. The Labute approximate surface area is 80.2 Å². The Morgan fingerprint density at radius 2 is 1.73 bits per heavy atom. The molecular formula is C7H18O2S2. The SMILES string of the molecule is CCCOCCS.OCCS. The maximum absolute atomic E-state index is 7.80. The number of hydrogen-bond acceptors (Lipinski definition) is 4. The van der Waals surface area contributed by atoms with Gasteiger partial charge in [0.1, 0.15) is 0 Å². The molecule has 0 aliphatic heterocycles. The van der Waals surface area contributed by atoms with Crippen LogP contribution in [-0.2, 0) is 4.74 Å². The van der Waals surface area contributed by atoms with Gasteiger partial charge in [-0.15, -0.1) is 0 Å². The van der Waals surface area contributed by atoms with Gasteiger partial charge in [-0.2, -0.15) is 25.3 Å². The number of thiol groups is 2. The van der Waals surface area contributed by atoms with Gasteiger partial charge in [-0.05, 0) is 6.42 Å². The maximum atomic E-state index is 7.80. The summed E-state index contributed by atoms with van der Waals surface area (Å²) in [7, 11) is 0. The Morgan fingerprint density at radius 3 is 2.00 bits per heavy atom. The van der Waals surface area contributed by atoms with Crippen molar-refractivity contribution in [3.8, 4) is 0 Å². The van der Waals surface area contributed by atoms with Crippen molar-refractivity contribution >= 4 is 25.3 Å². The third-order valence-electron chi connectivity index (χ3n) is 0.684. The fraction of sp³-hybridized carbons (Fsp3) is 1.00. The molecule has 0 aromatic carbocycles. The van der Waals surface area contributed by atoms with Crippen LogP contribution in [0.1, 0.15) is 13.3 Å². The van der Waals surface area contributed by atoms with E-state index in [1.165, 1.54) is 0 Å². The predicted molar refractivity (Wildman–Crippen MR) is 55.9 cm³/mol. The lowest BCUT2D eigenvalue weighted by atomic mass is 10.5. The summed E-state index contributed by atoms with van der Waals surface area (Å²) in [5.74, 6) is 1.40. The molecule has 0 aliphatic rings. The summed E-state index contributed by atoms with van der Waals surface area (Å²) >= 11 is 7.64. The highest BCUT2D eigenvalue weighted by molar-refractivity contribution is 7.80. The number of rotatable bonds is 5. The topological polar surface area (TPSA) is 29.5 Å². The Bertz CT molecular complexity index is 47.7. The van der Waals surface area contributed by atoms with Crippen molar-refractivity contribution < 1.29 is 9.84 Å². The maximum Gasteiger partial charge on any atom is 0.0554 e. The van der Waals surface area contributed by atoms with E-state index in [2.05, 4.69) is 32.2 Å². The first kappa shape index (κ1) is 14.2. The van der Waals surface area contributed by atoms with Crippen LogP contribution >= 0.6 is 25.3 Å². The molecular weight excluding hydrogens is 180 g/mol. The molecule has 11 heavy (non-hydrogen) atoms. The molecule has 0 unspecified atom stereocenters. The van der Waals surface area contributed by atoms with Crippen molar-refractivity contribution in [2.75, 3.05) is 31.3 Å². The van der Waals surface area contributed by atoms with Gasteiger partial charge >= 0.3 is 0 Å². The zero-order valence-corrected chi connectivity index (χ0v) is 8.78. The lowest BCUT2D eigenvalue weighted by Crippen LogP contribution is -1.95. The molecule has 70 valence electrons. The molecule has 0 amide bonds. The zero-order chi connectivity index (χ0) is 8.95. The van der Waals surface area contributed by atoms with E-state index in [1.807, 2.05) is 0 Å². The Balaban J connectivity index is 0. The summed E-state index contributed by atoms with van der Waals surface area (Å²) < 4.78 is 5.06. The third-order valence-corrected chi connectivity index (χ3v) is 1.07. The summed E-state index contributed by atoms with van der Waals surface area (Å²) in [6.45, 7) is 3.94. The van der Waals surface area contributed by atoms with Crippen molar-refractivity contribution in [3.05, 3.63) is 0 Å². The van der Waals surface area contributed by atoms with Gasteiger partial charge in [0, 0.05) is 18.1 Å². The average Bonchev–Trinajstić information content (AvgIpc) is 2.06. The molecule has 0 saturated heterocycles. The van der Waals surface area contributed by atoms with E-state index < -0.39 is 0 Å². The molecule has 0 bridgehead atoms. The number of hydrogen-bond donors (Lipinski definition) is 3. The van der Waals surface area contributed by atoms with Gasteiger partial charge in [-0.1, -0.05) is 6.92 Å². The standard InChI is InChI=1S/C5H12OS.C2H6OS/c1-2-3-6-4-5-7;3-1-2-4/h7H,2-5H2,1H3;3-4H,1-2H2. The van der Waals surface area contributed by atoms with E-state index in [0.29, 0.717) is 5.75 Å². The first-order chi connectivity index (χ1) is 5.33. The van der Waals surface area contributed by atoms with Crippen LogP contribution in [0.5, 0.6) is 0 Å². The van der Waals surface area contributed by atoms with E-state index in [-0.39, 0.29) is 6.61 Å². The summed E-state index contributed by atoms with van der Waals surface area (Å²) in [4.78, 5) is 0. The molecule has 0 fully saturated rings. The summed E-state index contributed by atoms with van der Waals surface area (Å²) in [6, 6.07) is 0. The van der Waals surface area contributed by atoms with E-state index in [4.69, 9.17) is 9.84 Å². The van der Waals surface area contributed by atoms with Crippen LogP contribution in [0.15, 0.2) is 0 Å². The second-order valence-corrected chi connectivity index (χ2v) is 2.68. The fourth-order valence-electron chi connectivity index (χ4n) is 0.311. The van der Waals surface area contributed by atoms with Gasteiger partial charge in [0.25, 0.3) is 0 Å². The minimum atomic E-state index is 0.184. The molecule has 0 atom stereocenters. The van der Waals surface area contributed by atoms with Gasteiger partial charge in [-0.3, -0.25) is 0 Å². The number of ether oxygens (including phenoxy) is 1. The van der Waals surface area contributed by atoms with E-state index >= 15 is 0 Å². The Morgan fingerprint density at radius 1 is 1.18 bits per heavy atom. The number of aliphatic hydroxyl groups is 1. The van der Waals surface area contributed by atoms with Gasteiger partial charge in [0.2, 0.25) is 0 Å². The molecule has 0 saturated carbocycles. The average molecular weight is 198 g/mol. The lowest BCUT2D eigenvalue weighted by molar-refractivity contribution is 0.151. The normalized spacial score (nSPS) is 8.73. The van der Waals surface area contributed by atoms with Gasteiger partial charge in [-0.25, -0.2) is 0 Å². The quantitative estimate of drug-likeness (QED) is 0.458. The monoisotopic (exact) mass is 198 g/mol. The van der Waals surface area contributed by atoms with Gasteiger partial charge in [0.15, 0.2) is 0 Å². The molecule has 4 heteroatoms. The molecule has 1 N–H and O–H groups in total. The molecule has 0 aliphatic carbocycles. The summed E-state index contributed by atoms with van der Waals surface area (Å²) in [6.07, 6.45) is 1.10. The Hall–Kier alpha value is 0.620. The summed E-state index contributed by atoms with van der Waals surface area (Å²) in [5, 5.41) is 7.80. The Kier molecular flexibility index (Phi) is 21.8. The predicted octanol–water partition coefficient (Wildman–Crippen LogP) is 1.25. The second kappa shape index (κ2) is 16.9. The van der Waals surface area contributed by atoms with E-state index in [1.54, 1.807) is 0 Å². The smallest absolute Gasteiger partial charge is 0.0554 e. The third kappa shape index (κ3) is 25.0. The lowest BCUT2D eigenvalue weighted by Gasteiger charge is -1.95. The first-order valence-electron chi connectivity index (χ1n) is 3.73. The molecule has 0 aromatic rings. The van der Waals surface area contributed by atoms with Crippen LogP contribution in [0.25, 0.3) is 0 Å². The van der Waals surface area contributed by atoms with Crippen molar-refractivity contribution in [1.82, 2.24) is 0 Å². The van der Waals surface area contributed by atoms with E-state index in [0.717, 1.165) is 25.4 Å². The molecule has 0 spiro atoms. The van der Waals surface area contributed by atoms with Gasteiger partial charge < -0.3 is 9.84 Å². The van der Waals surface area contributed by atoms with Crippen molar-refractivity contribution in [2.24, 2.45) is 0 Å². The highest BCUT2D eigenvalue weighted by Crippen LogP contribution is 1.80. The van der Waals surface area contributed by atoms with Crippen LogP contribution < -0.4 is 0 Å². The first-order valence-corrected chi connectivity index (χ1v) is 5.00. The summed E-state index contributed by atoms with van der Waals surface area (Å²) in [5.41, 5.74) is 0. The fourth-order valence-corrected chi connectivity index (χ4v) is 0.440. The molecule has 0 radical (unpaired) electrons. The van der Waals surface area contributed by atoms with Crippen LogP contribution in [0.4, 0.5) is 0 Å². The molecule has 0 rings (SSSR count). The minimum Gasteiger partial charge on any atom is -0.396 e. The van der Waals surface area contributed by atoms with Crippen LogP contribution in [0.3, 0.4) is 0 Å². The highest BCUT2D eigenvalue weighted by atomic mass is 32.1. The minimum absolute atomic E-state index is 0.184. The van der Waals surface area contributed by atoms with E-state index in [9.17, 15) is 0 Å².